The van der Waals surface area contributed by atoms with E-state index in [9.17, 15) is 0 Å². The molecule has 1 unspecified atom stereocenters. The van der Waals surface area contributed by atoms with Gasteiger partial charge in [-0.15, -0.1) is 24.0 Å². The molecule has 0 amide bonds. The van der Waals surface area contributed by atoms with Gasteiger partial charge in [-0.05, 0) is 45.7 Å². The van der Waals surface area contributed by atoms with Crippen molar-refractivity contribution >= 4 is 29.9 Å². The normalized spacial score (nSPS) is 18.0. The first-order chi connectivity index (χ1) is 12.6. The van der Waals surface area contributed by atoms with Crippen LogP contribution in [0.25, 0.3) is 0 Å². The predicted molar refractivity (Wildman–Crippen MR) is 123 cm³/mol. The third-order valence-corrected chi connectivity index (χ3v) is 5.45. The number of aliphatic imine (C=N–C) groups is 1. The quantitative estimate of drug-likeness (QED) is 0.321. The maximum atomic E-state index is 5.51. The van der Waals surface area contributed by atoms with E-state index in [0.29, 0.717) is 18.5 Å². The van der Waals surface area contributed by atoms with Gasteiger partial charge >= 0.3 is 0 Å². The van der Waals surface area contributed by atoms with Crippen LogP contribution in [0.5, 0.6) is 0 Å². The number of likely N-dealkylation sites (tertiary alicyclic amines) is 1. The minimum atomic E-state index is 0. The molecule has 1 fully saturated rings. The Bertz CT molecular complexity index is 558. The van der Waals surface area contributed by atoms with Crippen molar-refractivity contribution in [1.29, 1.82) is 0 Å². The van der Waals surface area contributed by atoms with E-state index in [2.05, 4.69) is 61.1 Å². The number of nitrogens with zero attached hydrogens (tertiary/aromatic N) is 4. The van der Waals surface area contributed by atoms with E-state index in [1.807, 2.05) is 0 Å². The van der Waals surface area contributed by atoms with Crippen molar-refractivity contribution in [3.8, 4) is 0 Å². The first-order valence-corrected chi connectivity index (χ1v) is 10.3. The number of rotatable bonds is 9. The highest BCUT2D eigenvalue weighted by atomic mass is 127. The summed E-state index contributed by atoms with van der Waals surface area (Å²) in [5.74, 6) is 2.26. The Balaban J connectivity index is 0.00000364. The summed E-state index contributed by atoms with van der Waals surface area (Å²) in [6.45, 7) is 13.5. The number of likely N-dealkylation sites (N-methyl/N-ethyl adjacent to an activating group) is 2. The Kier molecular flexibility index (Phi) is 11.3. The molecule has 27 heavy (non-hydrogen) atoms. The summed E-state index contributed by atoms with van der Waals surface area (Å²) in [5.41, 5.74) is 1.06. The summed E-state index contributed by atoms with van der Waals surface area (Å²) >= 11 is 0. The third kappa shape index (κ3) is 6.93. The fourth-order valence-electron chi connectivity index (χ4n) is 3.85. The molecule has 2 heterocycles. The lowest BCUT2D eigenvalue weighted by atomic mass is 9.99. The second-order valence-corrected chi connectivity index (χ2v) is 7.21. The van der Waals surface area contributed by atoms with Crippen LogP contribution in [0.15, 0.2) is 15.6 Å². The van der Waals surface area contributed by atoms with E-state index in [1.54, 1.807) is 0 Å². The molecule has 1 aliphatic heterocycles. The third-order valence-electron chi connectivity index (χ3n) is 5.45. The SMILES string of the molecule is CCNC(=NCc1cc(C(CC)CC)no1)N(C)CC1CCCN1CC.I. The lowest BCUT2D eigenvalue weighted by molar-refractivity contribution is 0.232. The Morgan fingerprint density at radius 3 is 2.74 bits per heavy atom. The molecule has 0 saturated carbocycles. The zero-order valence-electron chi connectivity index (χ0n) is 17.7. The predicted octanol–water partition coefficient (Wildman–Crippen LogP) is 4.08. The van der Waals surface area contributed by atoms with Gasteiger partial charge in [0.05, 0.1) is 5.69 Å². The fourth-order valence-corrected chi connectivity index (χ4v) is 3.85. The fraction of sp³-hybridized carbons (Fsp3) is 0.800. The van der Waals surface area contributed by atoms with Gasteiger partial charge in [-0.1, -0.05) is 25.9 Å². The molecule has 0 spiro atoms. The van der Waals surface area contributed by atoms with Gasteiger partial charge in [0.15, 0.2) is 11.7 Å². The second-order valence-electron chi connectivity index (χ2n) is 7.21. The molecule has 0 aromatic carbocycles. The maximum absolute atomic E-state index is 5.51. The van der Waals surface area contributed by atoms with Gasteiger partial charge in [-0.3, -0.25) is 4.90 Å². The van der Waals surface area contributed by atoms with E-state index in [0.717, 1.165) is 49.9 Å². The standard InChI is InChI=1S/C20H37N5O.HI/c1-6-16(7-2)19-13-18(26-23-19)14-22-20(21-8-3)24(5)15-17-11-10-12-25(17)9-4;/h13,16-17H,6-12,14-15H2,1-5H3,(H,21,22);1H. The van der Waals surface area contributed by atoms with E-state index in [1.165, 1.54) is 19.4 Å². The molecule has 1 aromatic rings. The number of hydrogen-bond donors (Lipinski definition) is 1. The molecular formula is C20H38IN5O. The number of guanidine groups is 1. The van der Waals surface area contributed by atoms with Crippen molar-refractivity contribution in [2.24, 2.45) is 4.99 Å². The first-order valence-electron chi connectivity index (χ1n) is 10.3. The van der Waals surface area contributed by atoms with Gasteiger partial charge in [0, 0.05) is 38.2 Å². The molecular weight excluding hydrogens is 453 g/mol. The summed E-state index contributed by atoms with van der Waals surface area (Å²) in [4.78, 5) is 9.60. The van der Waals surface area contributed by atoms with Crippen LogP contribution in [0.3, 0.4) is 0 Å². The van der Waals surface area contributed by atoms with Crippen LogP contribution in [0.4, 0.5) is 0 Å². The van der Waals surface area contributed by atoms with Gasteiger partial charge in [0.2, 0.25) is 0 Å². The van der Waals surface area contributed by atoms with Gasteiger partial charge in [0.25, 0.3) is 0 Å². The van der Waals surface area contributed by atoms with Crippen LogP contribution in [0.1, 0.15) is 70.8 Å². The molecule has 2 rings (SSSR count). The topological polar surface area (TPSA) is 56.9 Å². The van der Waals surface area contributed by atoms with Crippen LogP contribution in [-0.4, -0.2) is 60.2 Å². The molecule has 1 aromatic heterocycles. The minimum Gasteiger partial charge on any atom is -0.359 e. The highest BCUT2D eigenvalue weighted by Crippen LogP contribution is 2.22. The van der Waals surface area contributed by atoms with E-state index in [-0.39, 0.29) is 24.0 Å². The number of aromatic nitrogens is 1. The smallest absolute Gasteiger partial charge is 0.194 e. The first kappa shape index (κ1) is 24.2. The van der Waals surface area contributed by atoms with Crippen LogP contribution in [0, 0.1) is 0 Å². The van der Waals surface area contributed by atoms with Crippen LogP contribution in [-0.2, 0) is 6.54 Å². The molecule has 156 valence electrons. The van der Waals surface area contributed by atoms with Crippen molar-refractivity contribution < 1.29 is 4.52 Å². The Hall–Kier alpha value is -0.830. The van der Waals surface area contributed by atoms with Crippen LogP contribution in [0.2, 0.25) is 0 Å². The molecule has 1 aliphatic rings. The second kappa shape index (κ2) is 12.6. The zero-order valence-corrected chi connectivity index (χ0v) is 20.0. The molecule has 7 heteroatoms. The Morgan fingerprint density at radius 2 is 2.11 bits per heavy atom. The lowest BCUT2D eigenvalue weighted by Crippen LogP contribution is -2.45. The van der Waals surface area contributed by atoms with E-state index in [4.69, 9.17) is 9.52 Å². The van der Waals surface area contributed by atoms with Gasteiger partial charge in [0.1, 0.15) is 6.54 Å². The maximum Gasteiger partial charge on any atom is 0.194 e. The molecule has 0 radical (unpaired) electrons. The summed E-state index contributed by atoms with van der Waals surface area (Å²) in [5, 5.41) is 7.65. The van der Waals surface area contributed by atoms with Crippen molar-refractivity contribution in [2.75, 3.05) is 33.2 Å². The summed E-state index contributed by atoms with van der Waals surface area (Å²) in [7, 11) is 2.13. The number of halogens is 1. The van der Waals surface area contributed by atoms with Crippen molar-refractivity contribution in [3.05, 3.63) is 17.5 Å². The Morgan fingerprint density at radius 1 is 1.37 bits per heavy atom. The average molecular weight is 491 g/mol. The van der Waals surface area contributed by atoms with Gasteiger partial charge in [-0.25, -0.2) is 4.99 Å². The summed E-state index contributed by atoms with van der Waals surface area (Å²) in [6, 6.07) is 2.70. The van der Waals surface area contributed by atoms with E-state index < -0.39 is 0 Å². The monoisotopic (exact) mass is 491 g/mol. The molecule has 1 N–H and O–H groups in total. The van der Waals surface area contributed by atoms with Crippen LogP contribution >= 0.6 is 24.0 Å². The van der Waals surface area contributed by atoms with Crippen LogP contribution < -0.4 is 5.32 Å². The molecule has 0 aliphatic carbocycles. The lowest BCUT2D eigenvalue weighted by Gasteiger charge is -2.29. The largest absolute Gasteiger partial charge is 0.359 e. The number of hydrogen-bond acceptors (Lipinski definition) is 4. The van der Waals surface area contributed by atoms with Crippen molar-refractivity contribution in [1.82, 2.24) is 20.3 Å². The van der Waals surface area contributed by atoms with Crippen molar-refractivity contribution in [2.45, 2.75) is 71.9 Å². The average Bonchev–Trinajstić information content (AvgIpc) is 3.29. The number of nitrogens with one attached hydrogen (secondary N) is 1. The Labute approximate surface area is 182 Å². The van der Waals surface area contributed by atoms with Gasteiger partial charge < -0.3 is 14.7 Å². The van der Waals surface area contributed by atoms with Gasteiger partial charge in [-0.2, -0.15) is 0 Å². The minimum absolute atomic E-state index is 0. The molecule has 0 bridgehead atoms. The highest BCUT2D eigenvalue weighted by Gasteiger charge is 2.25. The summed E-state index contributed by atoms with van der Waals surface area (Å²) < 4.78 is 5.51. The molecule has 6 nitrogen and oxygen atoms in total. The van der Waals surface area contributed by atoms with Crippen molar-refractivity contribution in [3.63, 3.8) is 0 Å². The zero-order chi connectivity index (χ0) is 18.9. The summed E-state index contributed by atoms with van der Waals surface area (Å²) in [6.07, 6.45) is 4.76. The highest BCUT2D eigenvalue weighted by molar-refractivity contribution is 14.0. The molecule has 1 atom stereocenters. The molecule has 1 saturated heterocycles. The van der Waals surface area contributed by atoms with E-state index >= 15 is 0 Å².